The van der Waals surface area contributed by atoms with Crippen LogP contribution in [-0.2, 0) is 0 Å². The third-order valence-corrected chi connectivity index (χ3v) is 3.20. The van der Waals surface area contributed by atoms with Crippen LogP contribution in [0.4, 0.5) is 0 Å². The maximum atomic E-state index is 5.27. The van der Waals surface area contributed by atoms with E-state index in [4.69, 9.17) is 3.79 Å². The van der Waals surface area contributed by atoms with Crippen LogP contribution in [0.3, 0.4) is 0 Å². The molecular weight excluding hydrogens is 237 g/mol. The highest BCUT2D eigenvalue weighted by molar-refractivity contribution is 6.04. The van der Waals surface area contributed by atoms with Crippen LogP contribution >= 0.6 is 0 Å². The van der Waals surface area contributed by atoms with Gasteiger partial charge in [-0.3, -0.25) is 4.98 Å². The molecule has 0 aliphatic rings. The average molecular weight is 247 g/mol. The van der Waals surface area contributed by atoms with Gasteiger partial charge < -0.3 is 3.79 Å². The highest BCUT2D eigenvalue weighted by atomic mass is 27.1. The summed E-state index contributed by atoms with van der Waals surface area (Å²) in [4.78, 5) is 4.40. The van der Waals surface area contributed by atoms with Gasteiger partial charge in [-0.05, 0) is 23.3 Å². The van der Waals surface area contributed by atoms with Crippen molar-refractivity contribution in [2.24, 2.45) is 0 Å². The van der Waals surface area contributed by atoms with Gasteiger partial charge in [0.25, 0.3) is 0 Å². The molecule has 0 aliphatic carbocycles. The molecule has 1 heterocycles. The molecule has 3 aromatic rings. The van der Waals surface area contributed by atoms with Crippen LogP contribution in [0, 0.1) is 0 Å². The number of benzene rings is 2. The van der Waals surface area contributed by atoms with Gasteiger partial charge in [-0.1, -0.05) is 42.5 Å². The second-order valence-electron chi connectivity index (χ2n) is 3.99. The summed E-state index contributed by atoms with van der Waals surface area (Å²) < 4.78 is 5.27. The van der Waals surface area contributed by atoms with Crippen molar-refractivity contribution >= 4 is 27.5 Å². The molecular formula is C15H10AlNO. The summed E-state index contributed by atoms with van der Waals surface area (Å²) in [7, 11) is 0. The normalized spacial score (nSPS) is 10.4. The monoisotopic (exact) mass is 247 g/mol. The molecule has 84 valence electrons. The van der Waals surface area contributed by atoms with Crippen molar-refractivity contribution in [3.63, 3.8) is 0 Å². The minimum atomic E-state index is 0.773. The van der Waals surface area contributed by atoms with Crippen molar-refractivity contribution in [1.82, 2.24) is 4.98 Å². The first-order chi connectivity index (χ1) is 8.90. The zero-order valence-corrected chi connectivity index (χ0v) is 10.9. The Morgan fingerprint density at radius 3 is 2.50 bits per heavy atom. The predicted molar refractivity (Wildman–Crippen MR) is 73.6 cm³/mol. The molecule has 18 heavy (non-hydrogen) atoms. The molecule has 0 spiro atoms. The van der Waals surface area contributed by atoms with E-state index in [-0.39, 0.29) is 0 Å². The van der Waals surface area contributed by atoms with Crippen LogP contribution < -0.4 is 3.79 Å². The number of aromatic nitrogens is 1. The summed E-state index contributed by atoms with van der Waals surface area (Å²) in [5, 5.41) is 1.10. The molecule has 0 atom stereocenters. The standard InChI is InChI=1S/C15H11NO.Al/c17-14-9-8-12(11-5-2-1-3-6-11)13-7-4-10-16-15(13)14;/h1-10,17H;/q;+1/p-1. The molecule has 2 nitrogen and oxygen atoms in total. The summed E-state index contributed by atoms with van der Waals surface area (Å²) in [5.74, 6) is 0.773. The number of fused-ring (bicyclic) bond motifs is 1. The second-order valence-corrected chi connectivity index (χ2v) is 4.23. The van der Waals surface area contributed by atoms with E-state index in [0.717, 1.165) is 16.7 Å². The lowest BCUT2D eigenvalue weighted by Gasteiger charge is -2.11. The number of hydrogen-bond donors (Lipinski definition) is 0. The Bertz CT molecular complexity index is 682. The highest BCUT2D eigenvalue weighted by Crippen LogP contribution is 2.32. The SMILES string of the molecule is [Al][O]c1ccc(-c2ccccc2)c2cccnc12. The van der Waals surface area contributed by atoms with E-state index in [2.05, 4.69) is 45.9 Å². The lowest BCUT2D eigenvalue weighted by molar-refractivity contribution is 0.622. The van der Waals surface area contributed by atoms with Crippen LogP contribution in [0.1, 0.15) is 0 Å². The average Bonchev–Trinajstić information content (AvgIpc) is 2.47. The van der Waals surface area contributed by atoms with Gasteiger partial charge in [-0.15, -0.1) is 0 Å². The molecule has 0 amide bonds. The fraction of sp³-hybridized carbons (Fsp3) is 0. The van der Waals surface area contributed by atoms with Gasteiger partial charge in [0, 0.05) is 11.6 Å². The van der Waals surface area contributed by atoms with E-state index >= 15 is 0 Å². The van der Waals surface area contributed by atoms with E-state index in [1.165, 1.54) is 11.1 Å². The van der Waals surface area contributed by atoms with E-state index in [9.17, 15) is 0 Å². The summed E-state index contributed by atoms with van der Waals surface area (Å²) >= 11 is 2.27. The summed E-state index contributed by atoms with van der Waals surface area (Å²) in [5.41, 5.74) is 3.24. The Morgan fingerprint density at radius 1 is 0.889 bits per heavy atom. The molecule has 3 rings (SSSR count). The molecule has 2 radical (unpaired) electrons. The van der Waals surface area contributed by atoms with E-state index in [1.54, 1.807) is 6.20 Å². The number of hydrogen-bond acceptors (Lipinski definition) is 2. The summed E-state index contributed by atoms with van der Waals surface area (Å²) in [6.07, 6.45) is 1.78. The summed E-state index contributed by atoms with van der Waals surface area (Å²) in [6, 6.07) is 18.3. The molecule has 0 aliphatic heterocycles. The number of pyridine rings is 1. The van der Waals surface area contributed by atoms with Crippen molar-refractivity contribution in [3.05, 3.63) is 60.8 Å². The van der Waals surface area contributed by atoms with Crippen molar-refractivity contribution < 1.29 is 3.79 Å². The third-order valence-electron chi connectivity index (χ3n) is 2.94. The fourth-order valence-corrected chi connectivity index (χ4v) is 2.30. The molecule has 0 fully saturated rings. The van der Waals surface area contributed by atoms with Crippen LogP contribution in [0.15, 0.2) is 60.8 Å². The van der Waals surface area contributed by atoms with Crippen LogP contribution in [0.2, 0.25) is 0 Å². The molecule has 0 N–H and O–H groups in total. The van der Waals surface area contributed by atoms with E-state index < -0.39 is 0 Å². The first kappa shape index (κ1) is 11.3. The minimum absolute atomic E-state index is 0.773. The van der Waals surface area contributed by atoms with Gasteiger partial charge in [-0.2, -0.15) is 0 Å². The van der Waals surface area contributed by atoms with Crippen LogP contribution in [0.25, 0.3) is 22.0 Å². The van der Waals surface area contributed by atoms with Crippen molar-refractivity contribution in [1.29, 1.82) is 0 Å². The molecule has 1 aromatic heterocycles. The lowest BCUT2D eigenvalue weighted by Crippen LogP contribution is -1.90. The fourth-order valence-electron chi connectivity index (χ4n) is 2.11. The van der Waals surface area contributed by atoms with Gasteiger partial charge in [0.15, 0.2) is 0 Å². The van der Waals surface area contributed by atoms with Crippen LogP contribution in [0.5, 0.6) is 5.75 Å². The van der Waals surface area contributed by atoms with E-state index in [0.29, 0.717) is 0 Å². The zero-order valence-electron chi connectivity index (χ0n) is 9.71. The van der Waals surface area contributed by atoms with Gasteiger partial charge in [0.1, 0.15) is 11.3 Å². The number of rotatable bonds is 2. The van der Waals surface area contributed by atoms with Gasteiger partial charge in [0.2, 0.25) is 0 Å². The Balaban J connectivity index is 2.32. The first-order valence-corrected chi connectivity index (χ1v) is 6.17. The molecule has 0 unspecified atom stereocenters. The Morgan fingerprint density at radius 2 is 1.72 bits per heavy atom. The molecule has 2 aromatic carbocycles. The number of nitrogens with zero attached hydrogens (tertiary/aromatic N) is 1. The van der Waals surface area contributed by atoms with Crippen LogP contribution in [-0.4, -0.2) is 21.6 Å². The van der Waals surface area contributed by atoms with Gasteiger partial charge in [0.05, 0.1) is 0 Å². The van der Waals surface area contributed by atoms with Crippen molar-refractivity contribution in [2.45, 2.75) is 0 Å². The minimum Gasteiger partial charge on any atom is -0.652 e. The van der Waals surface area contributed by atoms with Gasteiger partial charge >= 0.3 is 16.6 Å². The summed E-state index contributed by atoms with van der Waals surface area (Å²) in [6.45, 7) is 0. The zero-order chi connectivity index (χ0) is 12.4. The Labute approximate surface area is 114 Å². The largest absolute Gasteiger partial charge is 0.652 e. The molecule has 3 heteroatoms. The molecule has 0 bridgehead atoms. The molecule has 0 saturated heterocycles. The smallest absolute Gasteiger partial charge is 0.482 e. The maximum absolute atomic E-state index is 5.27. The predicted octanol–water partition coefficient (Wildman–Crippen LogP) is 3.36. The third kappa shape index (κ3) is 1.88. The van der Waals surface area contributed by atoms with Gasteiger partial charge in [-0.25, -0.2) is 0 Å². The van der Waals surface area contributed by atoms with Crippen molar-refractivity contribution in [2.75, 3.05) is 0 Å². The van der Waals surface area contributed by atoms with E-state index in [1.807, 2.05) is 30.3 Å². The second kappa shape index (κ2) is 4.82. The Kier molecular flexibility index (Phi) is 3.02. The quantitative estimate of drug-likeness (QED) is 0.648. The first-order valence-electron chi connectivity index (χ1n) is 5.70. The lowest BCUT2D eigenvalue weighted by atomic mass is 10.0. The Hall–Kier alpha value is -1.82. The maximum Gasteiger partial charge on any atom is 0.482 e. The highest BCUT2D eigenvalue weighted by Gasteiger charge is 2.07. The van der Waals surface area contributed by atoms with Crippen molar-refractivity contribution in [3.8, 4) is 16.9 Å². The topological polar surface area (TPSA) is 22.1 Å². The molecule has 0 saturated carbocycles.